The van der Waals surface area contributed by atoms with Gasteiger partial charge in [-0.25, -0.2) is 0 Å². The summed E-state index contributed by atoms with van der Waals surface area (Å²) in [7, 11) is 3.25. The molecule has 0 amide bonds. The van der Waals surface area contributed by atoms with E-state index >= 15 is 0 Å². The molecular weight excluding hydrogens is 230 g/mol. The van der Waals surface area contributed by atoms with Crippen LogP contribution >= 0.6 is 0 Å². The smallest absolute Gasteiger partial charge is 0.162 e. The second kappa shape index (κ2) is 5.29. The maximum absolute atomic E-state index is 11.4. The van der Waals surface area contributed by atoms with Gasteiger partial charge in [0.1, 0.15) is 5.78 Å². The Morgan fingerprint density at radius 3 is 2.56 bits per heavy atom. The van der Waals surface area contributed by atoms with Crippen molar-refractivity contribution < 1.29 is 14.3 Å². The summed E-state index contributed by atoms with van der Waals surface area (Å²) in [6.45, 7) is 2.85. The lowest BCUT2D eigenvalue weighted by atomic mass is 10.0. The van der Waals surface area contributed by atoms with Crippen LogP contribution in [0.4, 0.5) is 5.69 Å². The van der Waals surface area contributed by atoms with E-state index in [0.29, 0.717) is 18.6 Å². The van der Waals surface area contributed by atoms with Crippen molar-refractivity contribution in [3.63, 3.8) is 0 Å². The third kappa shape index (κ3) is 2.42. The molecule has 1 aromatic carbocycles. The molecule has 0 saturated carbocycles. The van der Waals surface area contributed by atoms with E-state index in [1.165, 1.54) is 0 Å². The van der Waals surface area contributed by atoms with Crippen LogP contribution < -0.4 is 14.4 Å². The monoisotopic (exact) mass is 249 g/mol. The molecule has 0 aromatic heterocycles. The average molecular weight is 249 g/mol. The Hall–Kier alpha value is -1.71. The third-order valence-electron chi connectivity index (χ3n) is 3.39. The van der Waals surface area contributed by atoms with Crippen molar-refractivity contribution in [3.05, 3.63) is 18.2 Å². The summed E-state index contributed by atoms with van der Waals surface area (Å²) in [6, 6.07) is 6.11. The van der Waals surface area contributed by atoms with Crippen molar-refractivity contribution in [2.75, 3.05) is 25.7 Å². The van der Waals surface area contributed by atoms with Crippen molar-refractivity contribution in [2.24, 2.45) is 0 Å². The van der Waals surface area contributed by atoms with Crippen LogP contribution in [0, 0.1) is 0 Å². The first kappa shape index (κ1) is 12.7. The first-order valence-electron chi connectivity index (χ1n) is 6.16. The highest BCUT2D eigenvalue weighted by Gasteiger charge is 2.24. The molecule has 1 unspecified atom stereocenters. The van der Waals surface area contributed by atoms with Crippen LogP contribution in [0.25, 0.3) is 0 Å². The summed E-state index contributed by atoms with van der Waals surface area (Å²) in [5.74, 6) is 1.79. The number of nitrogens with zero attached hydrogens (tertiary/aromatic N) is 1. The fraction of sp³-hybridized carbons (Fsp3) is 0.500. The normalized spacial score (nSPS) is 19.8. The predicted molar refractivity (Wildman–Crippen MR) is 70.6 cm³/mol. The number of carbonyl (C=O) groups excluding carboxylic acids is 1. The molecular formula is C14H19NO3. The van der Waals surface area contributed by atoms with E-state index in [9.17, 15) is 4.79 Å². The number of benzene rings is 1. The number of rotatable bonds is 3. The first-order valence-corrected chi connectivity index (χ1v) is 6.16. The molecule has 1 heterocycles. The van der Waals surface area contributed by atoms with Crippen molar-refractivity contribution in [1.29, 1.82) is 0 Å². The first-order chi connectivity index (χ1) is 8.65. The van der Waals surface area contributed by atoms with E-state index in [0.717, 1.165) is 23.7 Å². The highest BCUT2D eigenvalue weighted by atomic mass is 16.5. The molecule has 1 aliphatic heterocycles. The topological polar surface area (TPSA) is 38.8 Å². The number of Topliss-reactive ketones (excluding diaryl/α,β-unsaturated/α-hetero) is 1. The van der Waals surface area contributed by atoms with E-state index in [1.807, 2.05) is 18.2 Å². The van der Waals surface area contributed by atoms with Crippen LogP contribution in [0.5, 0.6) is 11.5 Å². The molecule has 98 valence electrons. The molecule has 0 spiro atoms. The zero-order valence-electron chi connectivity index (χ0n) is 11.1. The number of methoxy groups -OCH3 is 2. The maximum atomic E-state index is 11.4. The highest BCUT2D eigenvalue weighted by Crippen LogP contribution is 2.33. The van der Waals surface area contributed by atoms with E-state index in [2.05, 4.69) is 11.8 Å². The van der Waals surface area contributed by atoms with Crippen molar-refractivity contribution >= 4 is 11.5 Å². The Kier molecular flexibility index (Phi) is 3.75. The summed E-state index contributed by atoms with van der Waals surface area (Å²) in [5.41, 5.74) is 1.08. The predicted octanol–water partition coefficient (Wildman–Crippen LogP) is 2.26. The van der Waals surface area contributed by atoms with Crippen LogP contribution in [0.2, 0.25) is 0 Å². The molecule has 0 bridgehead atoms. The molecule has 4 heteroatoms. The Morgan fingerprint density at radius 1 is 1.22 bits per heavy atom. The molecule has 1 atom stereocenters. The van der Waals surface area contributed by atoms with Crippen LogP contribution in [0.3, 0.4) is 0 Å². The highest BCUT2D eigenvalue weighted by molar-refractivity contribution is 5.81. The van der Waals surface area contributed by atoms with Crippen LogP contribution in [0.1, 0.15) is 19.8 Å². The number of carbonyl (C=O) groups is 1. The Bertz CT molecular complexity index is 445. The molecule has 0 radical (unpaired) electrons. The lowest BCUT2D eigenvalue weighted by Gasteiger charge is -2.34. The fourth-order valence-electron chi connectivity index (χ4n) is 2.39. The van der Waals surface area contributed by atoms with Gasteiger partial charge >= 0.3 is 0 Å². The summed E-state index contributed by atoms with van der Waals surface area (Å²) >= 11 is 0. The Balaban J connectivity index is 2.25. The quantitative estimate of drug-likeness (QED) is 0.823. The number of hydrogen-bond acceptors (Lipinski definition) is 4. The largest absolute Gasteiger partial charge is 0.493 e. The van der Waals surface area contributed by atoms with Gasteiger partial charge in [-0.1, -0.05) is 0 Å². The van der Waals surface area contributed by atoms with Gasteiger partial charge in [0.05, 0.1) is 14.2 Å². The minimum absolute atomic E-state index is 0.240. The van der Waals surface area contributed by atoms with Gasteiger partial charge in [0, 0.05) is 37.2 Å². The van der Waals surface area contributed by atoms with Gasteiger partial charge in [-0.15, -0.1) is 0 Å². The molecule has 4 nitrogen and oxygen atoms in total. The maximum Gasteiger partial charge on any atom is 0.162 e. The second-order valence-electron chi connectivity index (χ2n) is 4.57. The SMILES string of the molecule is COc1ccc(N2CCC(=O)CC2C)cc1OC. The molecule has 18 heavy (non-hydrogen) atoms. The number of hydrogen-bond donors (Lipinski definition) is 0. The van der Waals surface area contributed by atoms with Crippen molar-refractivity contribution in [3.8, 4) is 11.5 Å². The number of anilines is 1. The van der Waals surface area contributed by atoms with E-state index in [1.54, 1.807) is 14.2 Å². The van der Waals surface area contributed by atoms with E-state index < -0.39 is 0 Å². The van der Waals surface area contributed by atoms with Gasteiger partial charge in [-0.3, -0.25) is 4.79 Å². The number of piperidine rings is 1. The molecule has 1 aliphatic rings. The Morgan fingerprint density at radius 2 is 1.94 bits per heavy atom. The minimum Gasteiger partial charge on any atom is -0.493 e. The fourth-order valence-corrected chi connectivity index (χ4v) is 2.39. The van der Waals surface area contributed by atoms with Gasteiger partial charge in [0.2, 0.25) is 0 Å². The number of ketones is 1. The van der Waals surface area contributed by atoms with Gasteiger partial charge < -0.3 is 14.4 Å². The minimum atomic E-state index is 0.240. The summed E-state index contributed by atoms with van der Waals surface area (Å²) in [4.78, 5) is 13.6. The van der Waals surface area contributed by atoms with Gasteiger partial charge in [-0.2, -0.15) is 0 Å². The van der Waals surface area contributed by atoms with Crippen molar-refractivity contribution in [1.82, 2.24) is 0 Å². The molecule has 2 rings (SSSR count). The molecule has 1 aromatic rings. The summed E-state index contributed by atoms with van der Waals surface area (Å²) in [6.07, 6.45) is 1.24. The zero-order chi connectivity index (χ0) is 13.1. The zero-order valence-corrected chi connectivity index (χ0v) is 11.1. The lowest BCUT2D eigenvalue weighted by molar-refractivity contribution is -0.120. The molecule has 1 fully saturated rings. The van der Waals surface area contributed by atoms with E-state index in [-0.39, 0.29) is 6.04 Å². The Labute approximate surface area is 107 Å². The van der Waals surface area contributed by atoms with Gasteiger partial charge in [-0.05, 0) is 19.1 Å². The van der Waals surface area contributed by atoms with Crippen LogP contribution in [0.15, 0.2) is 18.2 Å². The third-order valence-corrected chi connectivity index (χ3v) is 3.39. The molecule has 0 aliphatic carbocycles. The van der Waals surface area contributed by atoms with Gasteiger partial charge in [0.25, 0.3) is 0 Å². The van der Waals surface area contributed by atoms with Crippen LogP contribution in [-0.4, -0.2) is 32.6 Å². The second-order valence-corrected chi connectivity index (χ2v) is 4.57. The van der Waals surface area contributed by atoms with Crippen molar-refractivity contribution in [2.45, 2.75) is 25.8 Å². The van der Waals surface area contributed by atoms with E-state index in [4.69, 9.17) is 9.47 Å². The average Bonchev–Trinajstić information content (AvgIpc) is 2.38. The lowest BCUT2D eigenvalue weighted by Crippen LogP contribution is -2.41. The standard InChI is InChI=1S/C14H19NO3/c1-10-8-12(16)6-7-15(10)11-4-5-13(17-2)14(9-11)18-3/h4-5,9-10H,6-8H2,1-3H3. The summed E-state index contributed by atoms with van der Waals surface area (Å²) in [5, 5.41) is 0. The molecule has 0 N–H and O–H groups in total. The summed E-state index contributed by atoms with van der Waals surface area (Å²) < 4.78 is 10.5. The van der Waals surface area contributed by atoms with Gasteiger partial charge in [0.15, 0.2) is 11.5 Å². The molecule has 1 saturated heterocycles. The number of ether oxygens (including phenoxy) is 2. The van der Waals surface area contributed by atoms with Crippen LogP contribution in [-0.2, 0) is 4.79 Å².